The lowest BCUT2D eigenvalue weighted by atomic mass is 9.47. The van der Waals surface area contributed by atoms with E-state index < -0.39 is 50.9 Å². The van der Waals surface area contributed by atoms with Gasteiger partial charge < -0.3 is 20.4 Å². The fourth-order valence-electron chi connectivity index (χ4n) is 7.78. The van der Waals surface area contributed by atoms with Crippen LogP contribution in [0, 0.1) is 16.7 Å². The van der Waals surface area contributed by atoms with Crippen molar-refractivity contribution in [2.75, 3.05) is 0 Å². The number of aromatic hydroxyl groups is 1. The molecule has 0 saturated heterocycles. The summed E-state index contributed by atoms with van der Waals surface area (Å²) in [5.74, 6) is -3.11. The van der Waals surface area contributed by atoms with Crippen molar-refractivity contribution in [2.45, 2.75) is 90.6 Å². The van der Waals surface area contributed by atoms with Gasteiger partial charge in [0.2, 0.25) is 5.78 Å². The van der Waals surface area contributed by atoms with Crippen LogP contribution in [-0.4, -0.2) is 43.4 Å². The van der Waals surface area contributed by atoms with Gasteiger partial charge in [-0.2, -0.15) is 0 Å². The van der Waals surface area contributed by atoms with Crippen molar-refractivity contribution in [3.05, 3.63) is 45.7 Å². The van der Waals surface area contributed by atoms with Gasteiger partial charge in [-0.25, -0.2) is 0 Å². The zero-order valence-corrected chi connectivity index (χ0v) is 21.8. The summed E-state index contributed by atoms with van der Waals surface area (Å²) in [5, 5.41) is 44.9. The van der Waals surface area contributed by atoms with Crippen molar-refractivity contribution in [2.24, 2.45) is 16.7 Å². The molecule has 5 rings (SSSR count). The molecule has 1 aromatic carbocycles. The molecule has 2 saturated carbocycles. The second-order valence-electron chi connectivity index (χ2n) is 12.3. The number of carbonyl (C=O) groups excluding carboxylic acids is 3. The third kappa shape index (κ3) is 3.61. The number of allylic oxidation sites excluding steroid dienone is 1. The maximum absolute atomic E-state index is 14.0. The summed E-state index contributed by atoms with van der Waals surface area (Å²) in [4.78, 5) is 39.0. The Hall–Kier alpha value is -2.93. The Labute approximate surface area is 216 Å². The van der Waals surface area contributed by atoms with E-state index in [1.165, 1.54) is 38.2 Å². The highest BCUT2D eigenvalue weighted by Crippen LogP contribution is 2.62. The fraction of sp³-hybridized carbons (Fsp3) is 0.567. The third-order valence-electron chi connectivity index (χ3n) is 9.55. The maximum Gasteiger partial charge on any atom is 0.203 e. The number of hydrogen-bond donors (Lipinski definition) is 4. The van der Waals surface area contributed by atoms with E-state index in [0.717, 1.165) is 30.9 Å². The van der Waals surface area contributed by atoms with Gasteiger partial charge in [-0.1, -0.05) is 52.0 Å². The number of fused-ring (bicyclic) bond motifs is 3. The lowest BCUT2D eigenvalue weighted by Gasteiger charge is -2.56. The van der Waals surface area contributed by atoms with Crippen molar-refractivity contribution in [3.63, 3.8) is 0 Å². The molecule has 2 fully saturated rings. The van der Waals surface area contributed by atoms with E-state index in [1.54, 1.807) is 6.92 Å². The first-order chi connectivity index (χ1) is 17.3. The minimum atomic E-state index is -2.53. The molecule has 0 amide bonds. The molecule has 4 N–H and O–H groups in total. The van der Waals surface area contributed by atoms with Gasteiger partial charge in [0.15, 0.2) is 17.2 Å². The molecule has 0 spiro atoms. The number of phenols is 1. The number of carbonyl (C=O) groups is 3. The van der Waals surface area contributed by atoms with Crippen molar-refractivity contribution >= 4 is 23.1 Å². The quantitative estimate of drug-likeness (QED) is 0.429. The molecule has 0 aliphatic heterocycles. The summed E-state index contributed by atoms with van der Waals surface area (Å²) < 4.78 is 0. The van der Waals surface area contributed by atoms with Crippen LogP contribution >= 0.6 is 0 Å². The number of rotatable bonds is 4. The molecule has 198 valence electrons. The summed E-state index contributed by atoms with van der Waals surface area (Å²) >= 11 is 0. The molecular formula is C30H36O7. The minimum Gasteiger partial charge on any atom is -0.508 e. The molecule has 37 heavy (non-hydrogen) atoms. The lowest BCUT2D eigenvalue weighted by Crippen LogP contribution is -2.65. The van der Waals surface area contributed by atoms with Crippen LogP contribution in [0.15, 0.2) is 29.0 Å². The van der Waals surface area contributed by atoms with Crippen LogP contribution in [0.3, 0.4) is 0 Å². The zero-order chi connectivity index (χ0) is 26.9. The van der Waals surface area contributed by atoms with E-state index in [2.05, 4.69) is 0 Å². The van der Waals surface area contributed by atoms with Crippen LogP contribution in [0.5, 0.6) is 5.75 Å². The average Bonchev–Trinajstić information content (AvgIpc) is 2.81. The topological polar surface area (TPSA) is 132 Å². The summed E-state index contributed by atoms with van der Waals surface area (Å²) in [6.07, 6.45) is 8.21. The molecule has 4 aliphatic rings. The van der Waals surface area contributed by atoms with Crippen molar-refractivity contribution in [1.82, 2.24) is 0 Å². The Morgan fingerprint density at radius 1 is 1.03 bits per heavy atom. The number of aliphatic hydroxyl groups is 3. The first-order valence-corrected chi connectivity index (χ1v) is 13.4. The highest BCUT2D eigenvalue weighted by atomic mass is 16.3. The van der Waals surface area contributed by atoms with Crippen LogP contribution in [0.2, 0.25) is 0 Å². The van der Waals surface area contributed by atoms with Crippen LogP contribution in [0.1, 0.15) is 88.8 Å². The van der Waals surface area contributed by atoms with Gasteiger partial charge in [-0.05, 0) is 55.7 Å². The maximum atomic E-state index is 14.0. The van der Waals surface area contributed by atoms with Crippen molar-refractivity contribution in [3.8, 4) is 5.75 Å². The smallest absolute Gasteiger partial charge is 0.203 e. The molecule has 7 nitrogen and oxygen atoms in total. The number of aliphatic hydroxyl groups excluding tert-OH is 2. The number of aryl methyl sites for hydroxylation is 1. The predicted octanol–water partition coefficient (Wildman–Crippen LogP) is 4.82. The molecule has 4 aliphatic carbocycles. The number of ketones is 3. The van der Waals surface area contributed by atoms with Gasteiger partial charge in [0.25, 0.3) is 0 Å². The van der Waals surface area contributed by atoms with Crippen LogP contribution < -0.4 is 0 Å². The Kier molecular flexibility index (Phi) is 5.94. The van der Waals surface area contributed by atoms with E-state index >= 15 is 0 Å². The summed E-state index contributed by atoms with van der Waals surface area (Å²) in [6, 6.07) is 3.42. The molecular weight excluding hydrogens is 472 g/mol. The van der Waals surface area contributed by atoms with E-state index in [4.69, 9.17) is 0 Å². The Bertz CT molecular complexity index is 1280. The highest BCUT2D eigenvalue weighted by Gasteiger charge is 2.68. The number of benzene rings is 1. The SMILES string of the molecule is CC(=O)C1=C(O)[C@]2(O)C(=O)C3=C(O)c4c(O)ccc(CCC5CCCCC5)c4C[C@]3(C)C[C@]2(C)CC1=O. The Balaban J connectivity index is 1.63. The van der Waals surface area contributed by atoms with E-state index in [1.807, 2.05) is 13.0 Å². The first-order valence-electron chi connectivity index (χ1n) is 13.4. The first kappa shape index (κ1) is 25.7. The van der Waals surface area contributed by atoms with Gasteiger partial charge in [0.05, 0.1) is 5.56 Å². The number of hydrogen-bond acceptors (Lipinski definition) is 7. The summed E-state index contributed by atoms with van der Waals surface area (Å²) in [5.41, 5.74) is -3.51. The van der Waals surface area contributed by atoms with Crippen molar-refractivity contribution in [1.29, 1.82) is 0 Å². The number of Topliss-reactive ketones (excluding diaryl/α,β-unsaturated/α-hetero) is 3. The molecule has 0 heterocycles. The second kappa shape index (κ2) is 8.55. The van der Waals surface area contributed by atoms with Gasteiger partial charge >= 0.3 is 0 Å². The van der Waals surface area contributed by atoms with Gasteiger partial charge in [0.1, 0.15) is 22.8 Å². The second-order valence-corrected chi connectivity index (χ2v) is 12.3. The van der Waals surface area contributed by atoms with Crippen LogP contribution in [0.25, 0.3) is 5.76 Å². The van der Waals surface area contributed by atoms with Gasteiger partial charge in [-0.3, -0.25) is 14.4 Å². The average molecular weight is 509 g/mol. The monoisotopic (exact) mass is 508 g/mol. The zero-order valence-electron chi connectivity index (χ0n) is 21.8. The minimum absolute atomic E-state index is 0.0801. The largest absolute Gasteiger partial charge is 0.508 e. The molecule has 1 aromatic rings. The summed E-state index contributed by atoms with van der Waals surface area (Å²) in [7, 11) is 0. The normalized spacial score (nSPS) is 32.2. The molecule has 0 aromatic heterocycles. The van der Waals surface area contributed by atoms with E-state index in [-0.39, 0.29) is 29.7 Å². The van der Waals surface area contributed by atoms with Crippen LogP contribution in [-0.2, 0) is 27.2 Å². The molecule has 0 bridgehead atoms. The Morgan fingerprint density at radius 2 is 1.70 bits per heavy atom. The highest BCUT2D eigenvalue weighted by molar-refractivity contribution is 6.23. The lowest BCUT2D eigenvalue weighted by molar-refractivity contribution is -0.164. The third-order valence-corrected chi connectivity index (χ3v) is 9.55. The number of phenolic OH excluding ortho intramolecular Hbond substituents is 1. The molecule has 0 radical (unpaired) electrons. The van der Waals surface area contributed by atoms with Gasteiger partial charge in [0, 0.05) is 22.8 Å². The fourth-order valence-corrected chi connectivity index (χ4v) is 7.78. The molecule has 3 atom stereocenters. The predicted molar refractivity (Wildman–Crippen MR) is 137 cm³/mol. The molecule has 0 unspecified atom stereocenters. The molecule has 7 heteroatoms. The van der Waals surface area contributed by atoms with Crippen molar-refractivity contribution < 1.29 is 34.8 Å². The Morgan fingerprint density at radius 3 is 2.35 bits per heavy atom. The van der Waals surface area contributed by atoms with Gasteiger partial charge in [-0.15, -0.1) is 0 Å². The summed E-state index contributed by atoms with van der Waals surface area (Å²) in [6.45, 7) is 4.51. The van der Waals surface area contributed by atoms with E-state index in [9.17, 15) is 34.8 Å². The van der Waals surface area contributed by atoms with E-state index in [0.29, 0.717) is 12.3 Å². The van der Waals surface area contributed by atoms with Crippen LogP contribution in [0.4, 0.5) is 0 Å². The standard InChI is InChI=1S/C30H36O7/c1-16(31)22-21(33)14-29(3)15-28(2)13-19-18(10-9-17-7-5-4-6-8-17)11-12-20(32)23(19)25(34)24(28)27(36)30(29,37)26(22)35/h11-12,17,32,34-35,37H,4-10,13-15H2,1-3H3/t28-,29+,30+/m1/s1.